The summed E-state index contributed by atoms with van der Waals surface area (Å²) in [5, 5.41) is 8.22. The average molecular weight is 366 g/mol. The van der Waals surface area contributed by atoms with Gasteiger partial charge in [-0.2, -0.15) is 5.10 Å². The molecule has 0 bridgehead atoms. The molecule has 1 saturated heterocycles. The van der Waals surface area contributed by atoms with Crippen LogP contribution >= 0.6 is 0 Å². The number of hydrogen-bond donors (Lipinski definition) is 0. The third kappa shape index (κ3) is 3.64. The highest BCUT2D eigenvalue weighted by Gasteiger charge is 2.20. The van der Waals surface area contributed by atoms with Crippen LogP contribution in [0.15, 0.2) is 48.9 Å². The van der Waals surface area contributed by atoms with Crippen LogP contribution in [-0.4, -0.2) is 53.5 Å². The van der Waals surface area contributed by atoms with E-state index in [9.17, 15) is 4.39 Å². The second-order valence-corrected chi connectivity index (χ2v) is 6.17. The van der Waals surface area contributed by atoms with Crippen molar-refractivity contribution in [3.8, 4) is 17.0 Å². The molecule has 0 amide bonds. The molecule has 1 aliphatic heterocycles. The zero-order valence-electron chi connectivity index (χ0n) is 14.9. The lowest BCUT2D eigenvalue weighted by Crippen LogP contribution is -2.47. The van der Waals surface area contributed by atoms with Gasteiger partial charge in [0.1, 0.15) is 0 Å². The number of benzene rings is 1. The summed E-state index contributed by atoms with van der Waals surface area (Å²) in [5.74, 6) is 0.326. The Hall–Kier alpha value is -3.29. The normalized spacial score (nSPS) is 14.3. The minimum atomic E-state index is -0.430. The molecule has 0 atom stereocenters. The maximum Gasteiger partial charge on any atom is 0.246 e. The van der Waals surface area contributed by atoms with Crippen molar-refractivity contribution < 1.29 is 9.13 Å². The van der Waals surface area contributed by atoms with E-state index in [-0.39, 0.29) is 5.75 Å². The van der Waals surface area contributed by atoms with E-state index in [0.29, 0.717) is 17.2 Å². The fourth-order valence-corrected chi connectivity index (χ4v) is 3.11. The van der Waals surface area contributed by atoms with E-state index >= 15 is 0 Å². The molecule has 1 aromatic carbocycles. The Balaban J connectivity index is 1.49. The molecule has 7 nitrogen and oxygen atoms in total. The van der Waals surface area contributed by atoms with Gasteiger partial charge in [0, 0.05) is 49.8 Å². The highest BCUT2D eigenvalue weighted by molar-refractivity contribution is 5.60. The van der Waals surface area contributed by atoms with E-state index in [1.54, 1.807) is 24.5 Å². The minimum Gasteiger partial charge on any atom is -0.494 e. The summed E-state index contributed by atoms with van der Waals surface area (Å²) in [7, 11) is 1.44. The van der Waals surface area contributed by atoms with Crippen molar-refractivity contribution in [3.63, 3.8) is 0 Å². The second kappa shape index (κ2) is 7.53. The fraction of sp³-hybridized carbons (Fsp3) is 0.263. The van der Waals surface area contributed by atoms with E-state index in [0.717, 1.165) is 31.9 Å². The fourth-order valence-electron chi connectivity index (χ4n) is 3.11. The van der Waals surface area contributed by atoms with Gasteiger partial charge in [-0.15, -0.1) is 5.10 Å². The van der Waals surface area contributed by atoms with Crippen molar-refractivity contribution in [2.75, 3.05) is 43.1 Å². The smallest absolute Gasteiger partial charge is 0.246 e. The monoisotopic (exact) mass is 366 g/mol. The molecule has 0 N–H and O–H groups in total. The van der Waals surface area contributed by atoms with Gasteiger partial charge < -0.3 is 14.5 Å². The first-order chi connectivity index (χ1) is 13.2. The maximum absolute atomic E-state index is 14.0. The van der Waals surface area contributed by atoms with Crippen LogP contribution in [0, 0.1) is 5.82 Å². The molecule has 27 heavy (non-hydrogen) atoms. The Bertz CT molecular complexity index is 915. The molecule has 0 saturated carbocycles. The Morgan fingerprint density at radius 2 is 1.74 bits per heavy atom. The van der Waals surface area contributed by atoms with E-state index in [1.807, 2.05) is 12.1 Å². The van der Waals surface area contributed by atoms with E-state index in [1.165, 1.54) is 19.4 Å². The Morgan fingerprint density at radius 3 is 2.44 bits per heavy atom. The Labute approximate surface area is 156 Å². The lowest BCUT2D eigenvalue weighted by molar-refractivity contribution is 0.386. The molecule has 3 aromatic rings. The predicted molar refractivity (Wildman–Crippen MR) is 100 cm³/mol. The molecule has 0 radical (unpaired) electrons. The lowest BCUT2D eigenvalue weighted by Gasteiger charge is -2.35. The summed E-state index contributed by atoms with van der Waals surface area (Å²) in [6, 6.07) is 8.75. The average Bonchev–Trinajstić information content (AvgIpc) is 2.74. The van der Waals surface area contributed by atoms with Gasteiger partial charge in [0.25, 0.3) is 0 Å². The van der Waals surface area contributed by atoms with Crippen molar-refractivity contribution in [1.82, 2.24) is 20.2 Å². The molecule has 0 aliphatic carbocycles. The van der Waals surface area contributed by atoms with Gasteiger partial charge in [-0.05, 0) is 30.3 Å². The van der Waals surface area contributed by atoms with E-state index in [2.05, 4.69) is 30.0 Å². The van der Waals surface area contributed by atoms with E-state index in [4.69, 9.17) is 4.74 Å². The van der Waals surface area contributed by atoms with Crippen LogP contribution in [0.25, 0.3) is 11.3 Å². The molecule has 138 valence electrons. The number of aromatic nitrogens is 4. The summed E-state index contributed by atoms with van der Waals surface area (Å²) >= 11 is 0. The molecular formula is C19H19FN6O. The highest BCUT2D eigenvalue weighted by Crippen LogP contribution is 2.25. The van der Waals surface area contributed by atoms with Crippen molar-refractivity contribution in [1.29, 1.82) is 0 Å². The first-order valence-electron chi connectivity index (χ1n) is 8.68. The number of pyridine rings is 1. The van der Waals surface area contributed by atoms with Gasteiger partial charge in [0.15, 0.2) is 11.6 Å². The number of piperazine rings is 1. The second-order valence-electron chi connectivity index (χ2n) is 6.17. The van der Waals surface area contributed by atoms with Crippen LogP contribution in [0.2, 0.25) is 0 Å². The van der Waals surface area contributed by atoms with Gasteiger partial charge in [-0.1, -0.05) is 0 Å². The number of hydrogen-bond acceptors (Lipinski definition) is 7. The van der Waals surface area contributed by atoms with Gasteiger partial charge in [-0.3, -0.25) is 4.98 Å². The van der Waals surface area contributed by atoms with Crippen LogP contribution in [-0.2, 0) is 0 Å². The predicted octanol–water partition coefficient (Wildman–Crippen LogP) is 2.41. The quantitative estimate of drug-likeness (QED) is 0.702. The Kier molecular flexibility index (Phi) is 4.78. The van der Waals surface area contributed by atoms with Crippen LogP contribution in [0.4, 0.5) is 16.0 Å². The maximum atomic E-state index is 14.0. The molecule has 1 aliphatic rings. The first kappa shape index (κ1) is 17.1. The van der Waals surface area contributed by atoms with Crippen LogP contribution in [0.5, 0.6) is 5.75 Å². The van der Waals surface area contributed by atoms with Gasteiger partial charge in [0.05, 0.1) is 19.0 Å². The molecule has 0 unspecified atom stereocenters. The van der Waals surface area contributed by atoms with Crippen molar-refractivity contribution >= 4 is 11.6 Å². The standard InChI is InChI=1S/C19H19FN6O/c1-27-18-3-2-14(12-16(18)20)17-13-22-24-19(23-17)26-10-8-25(9-11-26)15-4-6-21-7-5-15/h2-7,12-13H,8-11H2,1H3. The van der Waals surface area contributed by atoms with Gasteiger partial charge >= 0.3 is 0 Å². The zero-order valence-corrected chi connectivity index (χ0v) is 14.9. The molecular weight excluding hydrogens is 347 g/mol. The summed E-state index contributed by atoms with van der Waals surface area (Å²) in [6.45, 7) is 3.28. The van der Waals surface area contributed by atoms with Gasteiger partial charge in [-0.25, -0.2) is 9.37 Å². The van der Waals surface area contributed by atoms with Crippen LogP contribution in [0.1, 0.15) is 0 Å². The molecule has 4 rings (SSSR count). The molecule has 8 heteroatoms. The molecule has 2 aromatic heterocycles. The highest BCUT2D eigenvalue weighted by atomic mass is 19.1. The summed E-state index contributed by atoms with van der Waals surface area (Å²) in [4.78, 5) is 13.0. The van der Waals surface area contributed by atoms with Crippen LogP contribution in [0.3, 0.4) is 0 Å². The third-order valence-corrected chi connectivity index (χ3v) is 4.59. The van der Waals surface area contributed by atoms with Crippen molar-refractivity contribution in [2.45, 2.75) is 0 Å². The molecule has 3 heterocycles. The summed E-state index contributed by atoms with van der Waals surface area (Å²) < 4.78 is 18.9. The number of rotatable bonds is 4. The molecule has 1 fully saturated rings. The molecule has 0 spiro atoms. The third-order valence-electron chi connectivity index (χ3n) is 4.59. The first-order valence-corrected chi connectivity index (χ1v) is 8.68. The van der Waals surface area contributed by atoms with Gasteiger partial charge in [0.2, 0.25) is 5.95 Å². The number of anilines is 2. The number of nitrogens with zero attached hydrogens (tertiary/aromatic N) is 6. The summed E-state index contributed by atoms with van der Waals surface area (Å²) in [6.07, 6.45) is 5.14. The topological polar surface area (TPSA) is 67.3 Å². The number of halogens is 1. The van der Waals surface area contributed by atoms with Crippen LogP contribution < -0.4 is 14.5 Å². The minimum absolute atomic E-state index is 0.202. The lowest BCUT2D eigenvalue weighted by atomic mass is 10.1. The number of ether oxygens (including phenoxy) is 1. The SMILES string of the molecule is COc1ccc(-c2cnnc(N3CCN(c4ccncc4)CC3)n2)cc1F. The largest absolute Gasteiger partial charge is 0.494 e. The summed E-state index contributed by atoms with van der Waals surface area (Å²) in [5.41, 5.74) is 2.38. The van der Waals surface area contributed by atoms with Crippen molar-refractivity contribution in [3.05, 3.63) is 54.7 Å². The zero-order chi connectivity index (χ0) is 18.6. The van der Waals surface area contributed by atoms with Crippen molar-refractivity contribution in [2.24, 2.45) is 0 Å². The Morgan fingerprint density at radius 1 is 1.00 bits per heavy atom. The number of methoxy groups -OCH3 is 1. The van der Waals surface area contributed by atoms with E-state index < -0.39 is 5.82 Å².